The number of aryl methyl sites for hydroxylation is 1. The number of H-pyrrole nitrogens is 1. The second kappa shape index (κ2) is 7.52. The van der Waals surface area contributed by atoms with Gasteiger partial charge >= 0.3 is 0 Å². The van der Waals surface area contributed by atoms with Crippen LogP contribution in [0.5, 0.6) is 11.5 Å². The van der Waals surface area contributed by atoms with Gasteiger partial charge < -0.3 is 19.4 Å². The number of likely N-dealkylation sites (N-methyl/N-ethyl adjacent to an activating group) is 1. The monoisotopic (exact) mass is 352 g/mol. The number of methoxy groups -OCH3 is 2. The number of carbonyl (C=O) groups excluding carboxylic acids is 1. The van der Waals surface area contributed by atoms with E-state index in [9.17, 15) is 4.79 Å². The summed E-state index contributed by atoms with van der Waals surface area (Å²) in [7, 11) is 5.06. The van der Waals surface area contributed by atoms with Crippen LogP contribution in [0.1, 0.15) is 16.7 Å². The largest absolute Gasteiger partial charge is 0.493 e. The SMILES string of the molecule is COc1cc(C)c(CN(C)C(=O)Cc2c[nH]c3ccccc23)cc1OC. The van der Waals surface area contributed by atoms with Crippen molar-refractivity contribution in [1.29, 1.82) is 0 Å². The Balaban J connectivity index is 1.75. The fraction of sp³-hybridized carbons (Fsp3) is 0.286. The summed E-state index contributed by atoms with van der Waals surface area (Å²) in [4.78, 5) is 17.7. The zero-order valence-electron chi connectivity index (χ0n) is 15.6. The summed E-state index contributed by atoms with van der Waals surface area (Å²) < 4.78 is 10.7. The van der Waals surface area contributed by atoms with E-state index < -0.39 is 0 Å². The lowest BCUT2D eigenvalue weighted by Crippen LogP contribution is -2.28. The van der Waals surface area contributed by atoms with E-state index in [4.69, 9.17) is 9.47 Å². The van der Waals surface area contributed by atoms with Gasteiger partial charge in [-0.3, -0.25) is 4.79 Å². The lowest BCUT2D eigenvalue weighted by molar-refractivity contribution is -0.129. The number of hydrogen-bond donors (Lipinski definition) is 1. The third-order valence-electron chi connectivity index (χ3n) is 4.69. The van der Waals surface area contributed by atoms with Crippen molar-refractivity contribution in [3.05, 3.63) is 59.3 Å². The second-order valence-corrected chi connectivity index (χ2v) is 6.42. The Labute approximate surface area is 153 Å². The van der Waals surface area contributed by atoms with Crippen LogP contribution < -0.4 is 9.47 Å². The molecule has 1 heterocycles. The van der Waals surface area contributed by atoms with Gasteiger partial charge in [0.2, 0.25) is 5.91 Å². The fourth-order valence-corrected chi connectivity index (χ4v) is 3.11. The number of nitrogens with zero attached hydrogens (tertiary/aromatic N) is 1. The van der Waals surface area contributed by atoms with Gasteiger partial charge in [-0.05, 0) is 41.8 Å². The molecule has 0 spiro atoms. The van der Waals surface area contributed by atoms with Crippen LogP contribution in [0.25, 0.3) is 10.9 Å². The molecule has 3 aromatic rings. The molecule has 2 aromatic carbocycles. The highest BCUT2D eigenvalue weighted by atomic mass is 16.5. The zero-order valence-corrected chi connectivity index (χ0v) is 15.6. The third kappa shape index (κ3) is 3.52. The molecule has 1 aromatic heterocycles. The van der Waals surface area contributed by atoms with E-state index in [1.807, 2.05) is 56.6 Å². The molecule has 5 heteroatoms. The highest BCUT2D eigenvalue weighted by Crippen LogP contribution is 2.30. The van der Waals surface area contributed by atoms with Crippen LogP contribution in [-0.4, -0.2) is 37.1 Å². The van der Waals surface area contributed by atoms with Gasteiger partial charge in [-0.1, -0.05) is 18.2 Å². The molecule has 0 atom stereocenters. The molecule has 0 unspecified atom stereocenters. The van der Waals surface area contributed by atoms with Crippen molar-refractivity contribution >= 4 is 16.8 Å². The van der Waals surface area contributed by atoms with Gasteiger partial charge in [-0.2, -0.15) is 0 Å². The predicted octanol–water partition coefficient (Wildman–Crippen LogP) is 3.69. The number of carbonyl (C=O) groups is 1. The molecule has 0 aliphatic rings. The number of rotatable bonds is 6. The van der Waals surface area contributed by atoms with Crippen LogP contribution in [-0.2, 0) is 17.8 Å². The molecule has 136 valence electrons. The summed E-state index contributed by atoms with van der Waals surface area (Å²) in [5.41, 5.74) is 4.17. The Hall–Kier alpha value is -2.95. The summed E-state index contributed by atoms with van der Waals surface area (Å²) in [6, 6.07) is 11.9. The van der Waals surface area contributed by atoms with Gasteiger partial charge in [0.15, 0.2) is 11.5 Å². The molecule has 0 radical (unpaired) electrons. The molecule has 0 saturated heterocycles. The van der Waals surface area contributed by atoms with E-state index in [1.54, 1.807) is 19.1 Å². The van der Waals surface area contributed by atoms with E-state index in [2.05, 4.69) is 4.98 Å². The standard InChI is InChI=1S/C21H24N2O3/c1-14-9-19(25-3)20(26-4)10-16(14)13-23(2)21(24)11-15-12-22-18-8-6-5-7-17(15)18/h5-10,12,22H,11,13H2,1-4H3. The molecular weight excluding hydrogens is 328 g/mol. The van der Waals surface area contributed by atoms with E-state index in [0.29, 0.717) is 24.5 Å². The van der Waals surface area contributed by atoms with Crippen LogP contribution in [0.15, 0.2) is 42.6 Å². The summed E-state index contributed by atoms with van der Waals surface area (Å²) in [5.74, 6) is 1.44. The van der Waals surface area contributed by atoms with Crippen molar-refractivity contribution in [3.8, 4) is 11.5 Å². The molecule has 0 fully saturated rings. The van der Waals surface area contributed by atoms with Gasteiger partial charge in [-0.15, -0.1) is 0 Å². The van der Waals surface area contributed by atoms with Crippen molar-refractivity contribution in [2.45, 2.75) is 19.9 Å². The molecule has 0 saturated carbocycles. The second-order valence-electron chi connectivity index (χ2n) is 6.42. The Morgan fingerprint density at radius 3 is 2.50 bits per heavy atom. The lowest BCUT2D eigenvalue weighted by atomic mass is 10.1. The summed E-state index contributed by atoms with van der Waals surface area (Å²) >= 11 is 0. The van der Waals surface area contributed by atoms with Crippen molar-refractivity contribution in [1.82, 2.24) is 9.88 Å². The van der Waals surface area contributed by atoms with Crippen LogP contribution in [0.4, 0.5) is 0 Å². The average Bonchev–Trinajstić information content (AvgIpc) is 3.05. The molecule has 0 aliphatic carbocycles. The molecule has 1 N–H and O–H groups in total. The predicted molar refractivity (Wildman–Crippen MR) is 103 cm³/mol. The van der Waals surface area contributed by atoms with Gasteiger partial charge in [0.1, 0.15) is 0 Å². The molecular formula is C21H24N2O3. The molecule has 0 bridgehead atoms. The maximum atomic E-state index is 12.7. The van der Waals surface area contributed by atoms with Crippen LogP contribution in [0.3, 0.4) is 0 Å². The zero-order chi connectivity index (χ0) is 18.7. The van der Waals surface area contributed by atoms with Crippen molar-refractivity contribution in [3.63, 3.8) is 0 Å². The summed E-state index contributed by atoms with van der Waals surface area (Å²) in [6.07, 6.45) is 2.28. The number of fused-ring (bicyclic) bond motifs is 1. The lowest BCUT2D eigenvalue weighted by Gasteiger charge is -2.20. The minimum absolute atomic E-state index is 0.0731. The molecule has 5 nitrogen and oxygen atoms in total. The first-order valence-electron chi connectivity index (χ1n) is 8.54. The van der Waals surface area contributed by atoms with Gasteiger partial charge in [-0.25, -0.2) is 0 Å². The van der Waals surface area contributed by atoms with E-state index in [0.717, 1.165) is 27.6 Å². The molecule has 3 rings (SSSR count). The number of ether oxygens (including phenoxy) is 2. The third-order valence-corrected chi connectivity index (χ3v) is 4.69. The number of nitrogens with one attached hydrogen (secondary N) is 1. The number of aromatic nitrogens is 1. The van der Waals surface area contributed by atoms with Crippen LogP contribution in [0.2, 0.25) is 0 Å². The van der Waals surface area contributed by atoms with Gasteiger partial charge in [0.05, 0.1) is 20.6 Å². The minimum atomic E-state index is 0.0731. The normalized spacial score (nSPS) is 10.8. The maximum Gasteiger partial charge on any atom is 0.227 e. The molecule has 1 amide bonds. The molecule has 26 heavy (non-hydrogen) atoms. The fourth-order valence-electron chi connectivity index (χ4n) is 3.11. The smallest absolute Gasteiger partial charge is 0.227 e. The Morgan fingerprint density at radius 1 is 1.08 bits per heavy atom. The average molecular weight is 352 g/mol. The molecule has 0 aliphatic heterocycles. The highest BCUT2D eigenvalue weighted by Gasteiger charge is 2.15. The van der Waals surface area contributed by atoms with Crippen LogP contribution >= 0.6 is 0 Å². The van der Waals surface area contributed by atoms with Crippen molar-refractivity contribution in [2.24, 2.45) is 0 Å². The first-order chi connectivity index (χ1) is 12.5. The highest BCUT2D eigenvalue weighted by molar-refractivity contribution is 5.88. The topological polar surface area (TPSA) is 54.6 Å². The van der Waals surface area contributed by atoms with E-state index in [1.165, 1.54) is 0 Å². The number of hydrogen-bond acceptors (Lipinski definition) is 3. The van der Waals surface area contributed by atoms with Crippen molar-refractivity contribution in [2.75, 3.05) is 21.3 Å². The summed E-state index contributed by atoms with van der Waals surface area (Å²) in [5, 5.41) is 1.09. The number of amides is 1. The maximum absolute atomic E-state index is 12.7. The number of benzene rings is 2. The van der Waals surface area contributed by atoms with Gasteiger partial charge in [0, 0.05) is 30.7 Å². The Kier molecular flexibility index (Phi) is 5.16. The summed E-state index contributed by atoms with van der Waals surface area (Å²) in [6.45, 7) is 2.53. The Bertz CT molecular complexity index is 930. The van der Waals surface area contributed by atoms with E-state index >= 15 is 0 Å². The van der Waals surface area contributed by atoms with E-state index in [-0.39, 0.29) is 5.91 Å². The first kappa shape index (κ1) is 17.9. The van der Waals surface area contributed by atoms with Gasteiger partial charge in [0.25, 0.3) is 0 Å². The Morgan fingerprint density at radius 2 is 1.77 bits per heavy atom. The number of aromatic amines is 1. The quantitative estimate of drug-likeness (QED) is 0.736. The van der Waals surface area contributed by atoms with Crippen molar-refractivity contribution < 1.29 is 14.3 Å². The minimum Gasteiger partial charge on any atom is -0.493 e. The van der Waals surface area contributed by atoms with Crippen LogP contribution in [0, 0.1) is 6.92 Å². The number of para-hydroxylation sites is 1. The first-order valence-corrected chi connectivity index (χ1v) is 8.54.